The number of hydrogen-bond donors (Lipinski definition) is 0. The largest absolute Gasteiger partial charge is 0.334 e. The predicted octanol–water partition coefficient (Wildman–Crippen LogP) is 9.21. The van der Waals surface area contributed by atoms with Crippen molar-refractivity contribution in [3.05, 3.63) is 48.1 Å². The van der Waals surface area contributed by atoms with Gasteiger partial charge in [-0.3, -0.25) is 14.8 Å². The van der Waals surface area contributed by atoms with Crippen LogP contribution in [0.25, 0.3) is 21.3 Å². The number of aromatic nitrogens is 3. The number of fused-ring (bicyclic) bond motifs is 1. The van der Waals surface area contributed by atoms with Crippen molar-refractivity contribution in [1.82, 2.24) is 24.8 Å². The highest BCUT2D eigenvalue weighted by Crippen LogP contribution is 2.50. The molecule has 0 saturated carbocycles. The topological polar surface area (TPSA) is 106 Å². The molecule has 1 aromatic carbocycles. The fourth-order valence-electron chi connectivity index (χ4n) is 4.68. The molecule has 4 rings (SSSR count). The van der Waals surface area contributed by atoms with E-state index in [0.717, 1.165) is 32.6 Å². The molecule has 0 N–H and O–H groups in total. The van der Waals surface area contributed by atoms with Crippen molar-refractivity contribution in [1.29, 1.82) is 0 Å². The summed E-state index contributed by atoms with van der Waals surface area (Å²) >= 11 is 1.51. The average Bonchev–Trinajstić information content (AvgIpc) is 3.45. The fraction of sp³-hybridized carbons (Fsp3) is 0.571. The number of amides is 2. The van der Waals surface area contributed by atoms with Crippen molar-refractivity contribution in [2.24, 2.45) is 4.99 Å². The molecule has 11 nitrogen and oxygen atoms in total. The number of carbonyl (C=O) groups is 1. The van der Waals surface area contributed by atoms with Crippen molar-refractivity contribution in [3.8, 4) is 11.1 Å². The quantitative estimate of drug-likeness (QED) is 0.144. The van der Waals surface area contributed by atoms with Crippen LogP contribution in [0.2, 0.25) is 0 Å². The van der Waals surface area contributed by atoms with Gasteiger partial charge in [-0.2, -0.15) is 0 Å². The highest BCUT2D eigenvalue weighted by Gasteiger charge is 2.32. The number of hydrogen-bond acceptors (Lipinski definition) is 10. The zero-order chi connectivity index (χ0) is 35.8. The molecule has 3 aromatic rings. The van der Waals surface area contributed by atoms with E-state index in [0.29, 0.717) is 37.4 Å². The molecule has 264 valence electrons. The van der Waals surface area contributed by atoms with Crippen molar-refractivity contribution in [3.63, 3.8) is 0 Å². The lowest BCUT2D eigenvalue weighted by Gasteiger charge is -2.38. The Morgan fingerprint density at radius 2 is 1.67 bits per heavy atom. The number of aliphatic imine (C=N–C) groups is 1. The van der Waals surface area contributed by atoms with E-state index in [2.05, 4.69) is 20.9 Å². The van der Waals surface area contributed by atoms with Crippen molar-refractivity contribution >= 4 is 47.0 Å². The van der Waals surface area contributed by atoms with Gasteiger partial charge in [0.2, 0.25) is 0 Å². The Morgan fingerprint density at radius 3 is 2.21 bits per heavy atom. The normalized spacial score (nSPS) is 15.9. The molecular formula is C35H54N7O4PS. The van der Waals surface area contributed by atoms with Gasteiger partial charge in [0.25, 0.3) is 0 Å². The van der Waals surface area contributed by atoms with Gasteiger partial charge in [-0.15, -0.1) is 0 Å². The molecule has 1 aliphatic heterocycles. The van der Waals surface area contributed by atoms with Gasteiger partial charge in [0, 0.05) is 36.6 Å². The Kier molecular flexibility index (Phi) is 14.2. The summed E-state index contributed by atoms with van der Waals surface area (Å²) in [6, 6.07) is 4.09. The maximum absolute atomic E-state index is 13.3. The average molecular weight is 700 g/mol. The highest BCUT2D eigenvalue weighted by atomic mass is 32.1. The lowest BCUT2D eigenvalue weighted by molar-refractivity contribution is 0.0198. The third kappa shape index (κ3) is 10.6. The van der Waals surface area contributed by atoms with Gasteiger partial charge in [-0.1, -0.05) is 31.3 Å². The molecule has 2 aromatic heterocycles. The Hall–Kier alpha value is -2.86. The van der Waals surface area contributed by atoms with Crippen LogP contribution in [0.1, 0.15) is 101 Å². The molecule has 0 radical (unpaired) electrons. The summed E-state index contributed by atoms with van der Waals surface area (Å²) in [6.07, 6.45) is 7.14. The molecule has 1 unspecified atom stereocenters. The number of carbonyl (C=O) groups excluding carboxylic acids is 1. The second-order valence-electron chi connectivity index (χ2n) is 13.1. The minimum atomic E-state index is -1.64. The summed E-state index contributed by atoms with van der Waals surface area (Å²) in [5.41, 5.74) is 3.45. The summed E-state index contributed by atoms with van der Waals surface area (Å²) in [5.74, 6) is 0.527. The number of thiazole rings is 1. The summed E-state index contributed by atoms with van der Waals surface area (Å²) in [5, 5.41) is 0.656. The van der Waals surface area contributed by atoms with E-state index in [4.69, 9.17) is 23.5 Å². The molecule has 1 fully saturated rings. The number of anilines is 1. The summed E-state index contributed by atoms with van der Waals surface area (Å²) in [7, 11) is 0.358. The number of urea groups is 1. The van der Waals surface area contributed by atoms with Gasteiger partial charge in [0.15, 0.2) is 11.0 Å². The van der Waals surface area contributed by atoms with E-state index in [1.807, 2.05) is 113 Å². The molecule has 0 aliphatic carbocycles. The number of nitrogens with zero attached hydrogens (tertiary/aromatic N) is 7. The van der Waals surface area contributed by atoms with E-state index in [1.54, 1.807) is 17.3 Å². The maximum atomic E-state index is 13.3. The maximum Gasteiger partial charge on any atom is 0.334 e. The number of allylic oxidation sites excluding steroid dienone is 2. The Balaban J connectivity index is 0.00000307. The number of rotatable bonds is 11. The Morgan fingerprint density at radius 1 is 1.04 bits per heavy atom. The first-order valence-electron chi connectivity index (χ1n) is 16.7. The molecule has 3 heterocycles. The minimum absolute atomic E-state index is 0.0397. The van der Waals surface area contributed by atoms with Gasteiger partial charge in [-0.25, -0.2) is 19.7 Å². The first-order valence-corrected chi connectivity index (χ1v) is 18.6. The molecule has 1 atom stereocenters. The van der Waals surface area contributed by atoms with E-state index >= 15 is 0 Å². The molecule has 1 aliphatic rings. The van der Waals surface area contributed by atoms with Gasteiger partial charge in [-0.05, 0) is 100 Å². The molecule has 13 heteroatoms. The summed E-state index contributed by atoms with van der Waals surface area (Å²) in [4.78, 5) is 38.1. The second kappa shape index (κ2) is 17.2. The van der Waals surface area contributed by atoms with E-state index in [9.17, 15) is 4.79 Å². The van der Waals surface area contributed by atoms with Crippen LogP contribution in [0.3, 0.4) is 0 Å². The Labute approximate surface area is 292 Å². The van der Waals surface area contributed by atoms with Gasteiger partial charge in [0.1, 0.15) is 6.10 Å². The van der Waals surface area contributed by atoms with Crippen LogP contribution in [0.4, 0.5) is 9.93 Å². The number of benzene rings is 1. The minimum Gasteiger partial charge on any atom is -0.312 e. The third-order valence-corrected chi connectivity index (χ3v) is 9.64. The monoisotopic (exact) mass is 699 g/mol. The first kappa shape index (κ1) is 39.6. The molecule has 0 bridgehead atoms. The smallest absolute Gasteiger partial charge is 0.312 e. The highest BCUT2D eigenvalue weighted by molar-refractivity contribution is 7.41. The van der Waals surface area contributed by atoms with Crippen molar-refractivity contribution < 1.29 is 18.4 Å². The molecule has 1 saturated heterocycles. The fourth-order valence-corrected chi connectivity index (χ4v) is 7.10. The van der Waals surface area contributed by atoms with E-state index in [-0.39, 0.29) is 6.03 Å². The van der Waals surface area contributed by atoms with Crippen molar-refractivity contribution in [2.45, 2.75) is 100 Å². The summed E-state index contributed by atoms with van der Waals surface area (Å²) in [6.45, 7) is 26.0. The lowest BCUT2D eigenvalue weighted by Crippen LogP contribution is -2.56. The summed E-state index contributed by atoms with van der Waals surface area (Å²) < 4.78 is 19.4. The van der Waals surface area contributed by atoms with Gasteiger partial charge < -0.3 is 18.5 Å². The van der Waals surface area contributed by atoms with Crippen LogP contribution >= 0.6 is 19.9 Å². The van der Waals surface area contributed by atoms with Crippen LogP contribution < -0.4 is 4.90 Å². The SMILES string of the molecule is C/C=C\C(=NCC)c1cc(-c2cnc(C(C)OP(OC(C)(C)C)OC(C)(C)C)nc2)cc2nc(N3CN(C)CN(CC)C3=O)sc12.CC. The second-order valence-corrected chi connectivity index (χ2v) is 15.1. The Bertz CT molecular complexity index is 1550. The molecule has 48 heavy (non-hydrogen) atoms. The van der Waals surface area contributed by atoms with Crippen LogP contribution in [0, 0.1) is 0 Å². The standard InChI is InChI=1S/C33H48N7O4PS.C2H6/c1-12-15-26(34-13-2)25-16-23(17-27-28(25)46-30(37-27)40-21-38(11)20-39(14-3)31(40)41)24-18-35-29(36-19-24)22(4)42-45(43-32(5,6)7)44-33(8,9)10;1-2/h12,15-19,22H,13-14,20-21H2,1-11H3;1-2H3/b15-12-,34-26?;. The van der Waals surface area contributed by atoms with Crippen LogP contribution in [-0.4, -0.2) is 81.2 Å². The van der Waals surface area contributed by atoms with E-state index in [1.165, 1.54) is 11.3 Å². The van der Waals surface area contributed by atoms with Crippen LogP contribution in [0.5, 0.6) is 0 Å². The van der Waals surface area contributed by atoms with E-state index < -0.39 is 25.9 Å². The first-order chi connectivity index (χ1) is 22.6. The van der Waals surface area contributed by atoms with Crippen molar-refractivity contribution in [2.75, 3.05) is 38.4 Å². The zero-order valence-electron chi connectivity index (χ0n) is 31.0. The van der Waals surface area contributed by atoms with Gasteiger partial charge in [0.05, 0.1) is 40.5 Å². The molecule has 0 spiro atoms. The molecule has 2 amide bonds. The van der Waals surface area contributed by atoms with Crippen LogP contribution in [0.15, 0.2) is 41.7 Å². The predicted molar refractivity (Wildman–Crippen MR) is 200 cm³/mol. The van der Waals surface area contributed by atoms with Gasteiger partial charge >= 0.3 is 14.6 Å². The molecular weight excluding hydrogens is 645 g/mol. The zero-order valence-corrected chi connectivity index (χ0v) is 32.7. The van der Waals surface area contributed by atoms with Crippen LogP contribution in [-0.2, 0) is 13.6 Å². The lowest BCUT2D eigenvalue weighted by atomic mass is 10.0. The third-order valence-electron chi connectivity index (χ3n) is 6.63.